The van der Waals surface area contributed by atoms with Crippen LogP contribution in [0.3, 0.4) is 0 Å². The molecule has 2 unspecified atom stereocenters. The first-order chi connectivity index (χ1) is 12.2. The molecule has 1 aliphatic rings. The first kappa shape index (κ1) is 16.6. The minimum absolute atomic E-state index is 0.270. The second-order valence-electron chi connectivity index (χ2n) is 5.94. The zero-order chi connectivity index (χ0) is 17.3. The Kier molecular flexibility index (Phi) is 4.52. The number of halogens is 2. The largest absolute Gasteiger partial charge is 0.341 e. The van der Waals surface area contributed by atoms with Gasteiger partial charge in [0.15, 0.2) is 0 Å². The summed E-state index contributed by atoms with van der Waals surface area (Å²) in [5.74, 6) is -0.893. The van der Waals surface area contributed by atoms with Crippen LogP contribution in [0.5, 0.6) is 0 Å². The number of nitrogens with zero attached hydrogens (tertiary/aromatic N) is 2. The summed E-state index contributed by atoms with van der Waals surface area (Å²) in [6, 6.07) is 15.3. The van der Waals surface area contributed by atoms with Crippen molar-refractivity contribution in [3.63, 3.8) is 0 Å². The first-order valence-corrected chi connectivity index (χ1v) is 8.70. The average Bonchev–Trinajstić information content (AvgIpc) is 3.27. The van der Waals surface area contributed by atoms with Gasteiger partial charge in [-0.25, -0.2) is 4.98 Å². The van der Waals surface area contributed by atoms with E-state index in [9.17, 15) is 0 Å². The minimum atomic E-state index is -0.893. The smallest absolute Gasteiger partial charge is 0.214 e. The predicted molar refractivity (Wildman–Crippen MR) is 96.6 cm³/mol. The van der Waals surface area contributed by atoms with Gasteiger partial charge in [0.2, 0.25) is 5.79 Å². The van der Waals surface area contributed by atoms with Crippen molar-refractivity contribution in [3.05, 3.63) is 88.4 Å². The number of hydrogen-bond donors (Lipinski definition) is 0. The molecular weight excluding hydrogens is 359 g/mol. The second-order valence-corrected chi connectivity index (χ2v) is 6.78. The highest BCUT2D eigenvalue weighted by Crippen LogP contribution is 2.43. The van der Waals surface area contributed by atoms with Crippen molar-refractivity contribution < 1.29 is 9.47 Å². The molecule has 0 amide bonds. The number of hydrogen-bond acceptors (Lipinski definition) is 3. The maximum absolute atomic E-state index is 6.42. The third kappa shape index (κ3) is 3.31. The number of ether oxygens (including phenoxy) is 2. The molecule has 2 heterocycles. The van der Waals surface area contributed by atoms with E-state index in [2.05, 4.69) is 4.98 Å². The first-order valence-electron chi connectivity index (χ1n) is 7.94. The number of imidazole rings is 1. The Bertz CT molecular complexity index is 855. The normalized spacial score (nSPS) is 23.0. The highest BCUT2D eigenvalue weighted by atomic mass is 35.5. The molecule has 2 aromatic carbocycles. The minimum Gasteiger partial charge on any atom is -0.341 e. The molecule has 4 rings (SSSR count). The number of benzene rings is 2. The third-order valence-corrected chi connectivity index (χ3v) is 4.84. The van der Waals surface area contributed by atoms with Crippen molar-refractivity contribution in [1.82, 2.24) is 9.55 Å². The Morgan fingerprint density at radius 2 is 2.00 bits per heavy atom. The van der Waals surface area contributed by atoms with Crippen LogP contribution in [0.15, 0.2) is 67.3 Å². The fourth-order valence-electron chi connectivity index (χ4n) is 3.06. The van der Waals surface area contributed by atoms with Crippen molar-refractivity contribution >= 4 is 23.2 Å². The summed E-state index contributed by atoms with van der Waals surface area (Å²) in [6.07, 6.45) is 5.11. The fraction of sp³-hybridized carbons (Fsp3) is 0.211. The zero-order valence-corrected chi connectivity index (χ0v) is 14.8. The lowest BCUT2D eigenvalue weighted by molar-refractivity contribution is -0.187. The quantitative estimate of drug-likeness (QED) is 0.655. The van der Waals surface area contributed by atoms with Gasteiger partial charge in [-0.2, -0.15) is 0 Å². The van der Waals surface area contributed by atoms with E-state index in [1.54, 1.807) is 18.6 Å². The Hall–Kier alpha value is -1.85. The van der Waals surface area contributed by atoms with E-state index in [0.29, 0.717) is 23.2 Å². The van der Waals surface area contributed by atoms with Crippen molar-refractivity contribution in [2.24, 2.45) is 0 Å². The predicted octanol–water partition coefficient (Wildman–Crippen LogP) is 4.83. The Morgan fingerprint density at radius 1 is 1.16 bits per heavy atom. The SMILES string of the molecule is Clc1ccc(C2COC(Cn3ccnc3)(c3ccccc3)O2)c(Cl)c1. The Balaban J connectivity index is 1.68. The second kappa shape index (κ2) is 6.81. The molecule has 0 N–H and O–H groups in total. The van der Waals surface area contributed by atoms with E-state index in [1.807, 2.05) is 53.2 Å². The van der Waals surface area contributed by atoms with Gasteiger partial charge in [0, 0.05) is 33.6 Å². The molecular formula is C19H16Cl2N2O2. The van der Waals surface area contributed by atoms with Crippen LogP contribution in [-0.4, -0.2) is 16.2 Å². The fourth-order valence-corrected chi connectivity index (χ4v) is 3.59. The third-order valence-electron chi connectivity index (χ3n) is 4.27. The van der Waals surface area contributed by atoms with Crippen LogP contribution in [0.4, 0.5) is 0 Å². The molecule has 1 aliphatic heterocycles. The summed E-state index contributed by atoms with van der Waals surface area (Å²) in [5, 5.41) is 1.17. The van der Waals surface area contributed by atoms with Crippen molar-refractivity contribution in [2.45, 2.75) is 18.4 Å². The van der Waals surface area contributed by atoms with Gasteiger partial charge in [-0.1, -0.05) is 59.6 Å². The lowest BCUT2D eigenvalue weighted by atomic mass is 10.1. The van der Waals surface area contributed by atoms with E-state index >= 15 is 0 Å². The summed E-state index contributed by atoms with van der Waals surface area (Å²) in [7, 11) is 0. The van der Waals surface area contributed by atoms with Gasteiger partial charge >= 0.3 is 0 Å². The summed E-state index contributed by atoms with van der Waals surface area (Å²) in [5.41, 5.74) is 1.82. The molecule has 128 valence electrons. The van der Waals surface area contributed by atoms with Gasteiger partial charge in [-0.3, -0.25) is 0 Å². The standard InChI is InChI=1S/C19H16Cl2N2O2/c20-15-6-7-16(17(21)10-15)18-11-24-19(25-18,12-23-9-8-22-13-23)14-4-2-1-3-5-14/h1-10,13,18H,11-12H2. The average molecular weight is 375 g/mol. The molecule has 1 fully saturated rings. The molecule has 6 heteroatoms. The van der Waals surface area contributed by atoms with Crippen LogP contribution in [0.25, 0.3) is 0 Å². The van der Waals surface area contributed by atoms with Crippen molar-refractivity contribution in [1.29, 1.82) is 0 Å². The van der Waals surface area contributed by atoms with Crippen LogP contribution in [0, 0.1) is 0 Å². The molecule has 0 saturated carbocycles. The van der Waals surface area contributed by atoms with Gasteiger partial charge in [0.05, 0.1) is 19.5 Å². The van der Waals surface area contributed by atoms with E-state index in [1.165, 1.54) is 0 Å². The summed E-state index contributed by atoms with van der Waals surface area (Å²) >= 11 is 12.4. The highest BCUT2D eigenvalue weighted by Gasteiger charge is 2.44. The van der Waals surface area contributed by atoms with Crippen LogP contribution >= 0.6 is 23.2 Å². The topological polar surface area (TPSA) is 36.3 Å². The highest BCUT2D eigenvalue weighted by molar-refractivity contribution is 6.35. The van der Waals surface area contributed by atoms with Crippen LogP contribution < -0.4 is 0 Å². The van der Waals surface area contributed by atoms with Gasteiger partial charge < -0.3 is 14.0 Å². The van der Waals surface area contributed by atoms with Crippen LogP contribution in [-0.2, 0) is 21.8 Å². The summed E-state index contributed by atoms with van der Waals surface area (Å²) in [6.45, 7) is 0.906. The molecule has 2 atom stereocenters. The number of aromatic nitrogens is 2. The van der Waals surface area contributed by atoms with Gasteiger partial charge in [-0.15, -0.1) is 0 Å². The maximum Gasteiger partial charge on any atom is 0.214 e. The van der Waals surface area contributed by atoms with Crippen molar-refractivity contribution in [3.8, 4) is 0 Å². The van der Waals surface area contributed by atoms with Crippen molar-refractivity contribution in [2.75, 3.05) is 6.61 Å². The van der Waals surface area contributed by atoms with E-state index in [0.717, 1.165) is 11.1 Å². The molecule has 25 heavy (non-hydrogen) atoms. The lowest BCUT2D eigenvalue weighted by Crippen LogP contribution is -2.32. The van der Waals surface area contributed by atoms with E-state index in [4.69, 9.17) is 32.7 Å². The summed E-state index contributed by atoms with van der Waals surface area (Å²) in [4.78, 5) is 4.11. The van der Waals surface area contributed by atoms with E-state index < -0.39 is 5.79 Å². The Morgan fingerprint density at radius 3 is 2.72 bits per heavy atom. The Labute approximate surface area is 155 Å². The molecule has 4 nitrogen and oxygen atoms in total. The van der Waals surface area contributed by atoms with Gasteiger partial charge in [0.25, 0.3) is 0 Å². The van der Waals surface area contributed by atoms with E-state index in [-0.39, 0.29) is 6.10 Å². The lowest BCUT2D eigenvalue weighted by Gasteiger charge is -2.29. The van der Waals surface area contributed by atoms with Gasteiger partial charge in [0.1, 0.15) is 6.10 Å². The monoisotopic (exact) mass is 374 g/mol. The maximum atomic E-state index is 6.42. The van der Waals surface area contributed by atoms with Gasteiger partial charge in [-0.05, 0) is 12.1 Å². The molecule has 0 aliphatic carbocycles. The molecule has 0 bridgehead atoms. The zero-order valence-electron chi connectivity index (χ0n) is 13.3. The van der Waals surface area contributed by atoms with Crippen LogP contribution in [0.1, 0.15) is 17.2 Å². The molecule has 1 saturated heterocycles. The molecule has 0 spiro atoms. The summed E-state index contributed by atoms with van der Waals surface area (Å²) < 4.78 is 14.5. The molecule has 0 radical (unpaired) electrons. The van der Waals surface area contributed by atoms with Crippen LogP contribution in [0.2, 0.25) is 10.0 Å². The number of rotatable bonds is 4. The molecule has 3 aromatic rings. The molecule has 1 aromatic heterocycles.